The molecular weight excluding hydrogens is 781 g/mol. The molecule has 0 saturated heterocycles. The maximum Gasteiger partial charge on any atom is 0.149 e. The Morgan fingerprint density at radius 2 is 1.08 bits per heavy atom. The van der Waals surface area contributed by atoms with Crippen LogP contribution < -0.4 is 0 Å². The zero-order chi connectivity index (χ0) is 44.5. The lowest BCUT2D eigenvalue weighted by atomic mass is 9.76. The van der Waals surface area contributed by atoms with E-state index < -0.39 is 0 Å². The van der Waals surface area contributed by atoms with Crippen LogP contribution in [0.15, 0.2) is 176 Å². The van der Waals surface area contributed by atoms with Crippen molar-refractivity contribution in [3.63, 3.8) is 0 Å². The normalized spacial score (nSPS) is 12.4. The highest BCUT2D eigenvalue weighted by molar-refractivity contribution is 6.13. The Kier molecular flexibility index (Phi) is 9.72. The van der Waals surface area contributed by atoms with Crippen LogP contribution in [-0.2, 0) is 16.2 Å². The summed E-state index contributed by atoms with van der Waals surface area (Å²) in [6.45, 7) is 17.8. The zero-order valence-electron chi connectivity index (χ0n) is 38.0. The van der Waals surface area contributed by atoms with Crippen LogP contribution in [0.5, 0.6) is 5.75 Å². The Morgan fingerprint density at radius 3 is 1.75 bits per heavy atom. The second kappa shape index (κ2) is 15.2. The van der Waals surface area contributed by atoms with E-state index in [1.165, 1.54) is 10.9 Å². The van der Waals surface area contributed by atoms with Gasteiger partial charge in [0, 0.05) is 50.4 Å². The molecule has 3 heterocycles. The van der Waals surface area contributed by atoms with Gasteiger partial charge in [0.1, 0.15) is 11.6 Å². The van der Waals surface area contributed by atoms with Gasteiger partial charge in [-0.3, -0.25) is 9.55 Å². The largest absolute Gasteiger partial charge is 0.507 e. The monoisotopic (exact) mass is 834 g/mol. The van der Waals surface area contributed by atoms with E-state index in [9.17, 15) is 5.11 Å². The van der Waals surface area contributed by atoms with Gasteiger partial charge in [-0.25, -0.2) is 4.98 Å². The fourth-order valence-electron chi connectivity index (χ4n) is 9.43. The summed E-state index contributed by atoms with van der Waals surface area (Å²) in [6.07, 6.45) is 1.95. The maximum atomic E-state index is 12.3. The second-order valence-electron chi connectivity index (χ2n) is 19.7. The van der Waals surface area contributed by atoms with Crippen LogP contribution >= 0.6 is 0 Å². The van der Waals surface area contributed by atoms with Gasteiger partial charge in [0.2, 0.25) is 0 Å². The molecule has 64 heavy (non-hydrogen) atoms. The number of para-hydroxylation sites is 4. The molecule has 10 aromatic rings. The molecule has 316 valence electrons. The van der Waals surface area contributed by atoms with Gasteiger partial charge in [0.15, 0.2) is 0 Å². The predicted molar refractivity (Wildman–Crippen MR) is 267 cm³/mol. The van der Waals surface area contributed by atoms with Gasteiger partial charge in [0.05, 0.1) is 33.3 Å². The van der Waals surface area contributed by atoms with Gasteiger partial charge in [-0.1, -0.05) is 165 Å². The van der Waals surface area contributed by atoms with E-state index in [1.54, 1.807) is 0 Å². The first-order valence-corrected chi connectivity index (χ1v) is 22.3. The molecule has 0 atom stereocenters. The lowest BCUT2D eigenvalue weighted by Crippen LogP contribution is -2.19. The highest BCUT2D eigenvalue weighted by atomic mass is 16.3. The third-order valence-corrected chi connectivity index (χ3v) is 13.1. The van der Waals surface area contributed by atoms with Crippen LogP contribution in [-0.4, -0.2) is 24.2 Å². The van der Waals surface area contributed by atoms with Crippen molar-refractivity contribution in [2.24, 2.45) is 0 Å². The fraction of sp³-hybridized carbons (Fsp3) is 0.186. The number of aromatic hydroxyl groups is 1. The number of phenols is 1. The van der Waals surface area contributed by atoms with Crippen molar-refractivity contribution < 1.29 is 5.11 Å². The minimum atomic E-state index is -0.364. The number of hydrogen-bond donors (Lipinski definition) is 1. The molecule has 0 saturated carbocycles. The molecular formula is C59H54N4O. The zero-order valence-corrected chi connectivity index (χ0v) is 38.0. The number of nitrogens with zero attached hydrogens (tertiary/aromatic N) is 4. The molecule has 5 heteroatoms. The van der Waals surface area contributed by atoms with Crippen LogP contribution in [0.25, 0.3) is 78.0 Å². The number of benzene rings is 7. The Labute approximate surface area is 376 Å². The van der Waals surface area contributed by atoms with Crippen LogP contribution in [0.1, 0.15) is 77.6 Å². The molecule has 10 rings (SSSR count). The van der Waals surface area contributed by atoms with Gasteiger partial charge in [-0.2, -0.15) is 0 Å². The van der Waals surface area contributed by atoms with Gasteiger partial charge in [0.25, 0.3) is 0 Å². The van der Waals surface area contributed by atoms with Crippen molar-refractivity contribution in [1.82, 2.24) is 19.1 Å². The van der Waals surface area contributed by atoms with Crippen LogP contribution in [0.2, 0.25) is 0 Å². The predicted octanol–water partition coefficient (Wildman–Crippen LogP) is 15.1. The summed E-state index contributed by atoms with van der Waals surface area (Å²) in [5.41, 5.74) is 14.3. The summed E-state index contributed by atoms with van der Waals surface area (Å²) in [6, 6.07) is 60.3. The van der Waals surface area contributed by atoms with E-state index in [0.717, 1.165) is 77.9 Å². The molecule has 5 nitrogen and oxygen atoms in total. The second-order valence-corrected chi connectivity index (χ2v) is 19.7. The van der Waals surface area contributed by atoms with E-state index in [4.69, 9.17) is 9.97 Å². The molecule has 0 aliphatic carbocycles. The molecule has 0 unspecified atom stereocenters. The van der Waals surface area contributed by atoms with E-state index in [-0.39, 0.29) is 22.0 Å². The number of rotatable bonds is 7. The molecule has 3 aromatic heterocycles. The van der Waals surface area contributed by atoms with Crippen LogP contribution in [0.4, 0.5) is 0 Å². The van der Waals surface area contributed by atoms with Gasteiger partial charge in [-0.15, -0.1) is 0 Å². The average Bonchev–Trinajstić information content (AvgIpc) is 3.86. The molecule has 7 aromatic carbocycles. The maximum absolute atomic E-state index is 12.3. The smallest absolute Gasteiger partial charge is 0.149 e. The Bertz CT molecular complexity index is 3360. The standard InChI is InChI=1S/C59H54N4O/c1-57(2,3)41-36-48(55(64)49(37-41)58(4,5)6)56-61-53-45(28-20-30-51(53)63(56)44-25-16-11-17-26-44)38-33-39(35-42(34-38)59(7,8)40-21-12-9-13-22-40)52-54-47(31-32-60-52)46-27-18-19-29-50(46)62(54)43-23-14-10-15-24-43/h9-37,64H,1-8H3. The third kappa shape index (κ3) is 6.87. The average molecular weight is 835 g/mol. The summed E-state index contributed by atoms with van der Waals surface area (Å²) < 4.78 is 4.58. The third-order valence-electron chi connectivity index (χ3n) is 13.1. The van der Waals surface area contributed by atoms with Gasteiger partial charge < -0.3 is 9.67 Å². The Hall–Kier alpha value is -7.24. The molecule has 1 N–H and O–H groups in total. The summed E-state index contributed by atoms with van der Waals surface area (Å²) in [4.78, 5) is 10.9. The van der Waals surface area contributed by atoms with Gasteiger partial charge >= 0.3 is 0 Å². The van der Waals surface area contributed by atoms with Crippen molar-refractivity contribution in [3.8, 4) is 50.9 Å². The molecule has 0 fully saturated rings. The minimum absolute atomic E-state index is 0.164. The van der Waals surface area contributed by atoms with E-state index in [2.05, 4.69) is 228 Å². The molecule has 0 amide bonds. The summed E-state index contributed by atoms with van der Waals surface area (Å²) >= 11 is 0. The first-order chi connectivity index (χ1) is 30.7. The molecule has 0 radical (unpaired) electrons. The van der Waals surface area contributed by atoms with E-state index in [0.29, 0.717) is 11.4 Å². The molecule has 0 aliphatic heterocycles. The highest BCUT2D eigenvalue weighted by Crippen LogP contribution is 2.46. The summed E-state index contributed by atoms with van der Waals surface area (Å²) in [5.74, 6) is 0.957. The van der Waals surface area contributed by atoms with Crippen molar-refractivity contribution in [3.05, 3.63) is 198 Å². The van der Waals surface area contributed by atoms with Crippen molar-refractivity contribution >= 4 is 32.8 Å². The first-order valence-electron chi connectivity index (χ1n) is 22.3. The van der Waals surface area contributed by atoms with Gasteiger partial charge in [-0.05, 0) is 93.7 Å². The molecule has 0 aliphatic rings. The van der Waals surface area contributed by atoms with Crippen molar-refractivity contribution in [1.29, 1.82) is 0 Å². The number of pyridine rings is 1. The van der Waals surface area contributed by atoms with E-state index >= 15 is 0 Å². The van der Waals surface area contributed by atoms with Crippen LogP contribution in [0.3, 0.4) is 0 Å². The van der Waals surface area contributed by atoms with Crippen molar-refractivity contribution in [2.75, 3.05) is 0 Å². The molecule has 0 spiro atoms. The number of aromatic nitrogens is 4. The van der Waals surface area contributed by atoms with E-state index in [1.807, 2.05) is 12.3 Å². The lowest BCUT2D eigenvalue weighted by molar-refractivity contribution is 0.446. The lowest BCUT2D eigenvalue weighted by Gasteiger charge is -2.27. The number of hydrogen-bond acceptors (Lipinski definition) is 3. The first kappa shape index (κ1) is 40.8. The Balaban J connectivity index is 1.29. The summed E-state index contributed by atoms with van der Waals surface area (Å²) in [5, 5.41) is 14.7. The number of imidazole rings is 1. The topological polar surface area (TPSA) is 55.9 Å². The summed E-state index contributed by atoms with van der Waals surface area (Å²) in [7, 11) is 0. The molecule has 0 bridgehead atoms. The number of fused-ring (bicyclic) bond motifs is 4. The Morgan fingerprint density at radius 1 is 0.469 bits per heavy atom. The highest BCUT2D eigenvalue weighted by Gasteiger charge is 2.30. The number of phenolic OH excluding ortho intramolecular Hbond substituents is 1. The minimum Gasteiger partial charge on any atom is -0.507 e. The fourth-order valence-corrected chi connectivity index (χ4v) is 9.43. The van der Waals surface area contributed by atoms with Crippen LogP contribution in [0, 0.1) is 0 Å². The quantitative estimate of drug-likeness (QED) is 0.174. The SMILES string of the molecule is CC(C)(C)c1cc(-c2nc3c(-c4cc(-c5nccc6c7ccccc7n(-c7ccccc7)c56)cc(C(C)(C)c5ccccc5)c4)cccc3n2-c2ccccc2)c(O)c(C(C)(C)C)c1. The van der Waals surface area contributed by atoms with Crippen molar-refractivity contribution in [2.45, 2.75) is 71.6 Å².